The van der Waals surface area contributed by atoms with Crippen molar-refractivity contribution in [2.45, 2.75) is 18.0 Å². The normalized spacial score (nSPS) is 39.8. The Bertz CT molecular complexity index is 232. The van der Waals surface area contributed by atoms with E-state index in [9.17, 15) is 5.11 Å². The smallest absolute Gasteiger partial charge is 0.151 e. The quantitative estimate of drug-likeness (QED) is 0.210. The van der Waals surface area contributed by atoms with Crippen LogP contribution in [0.1, 0.15) is 0 Å². The molecule has 68 valence electrons. The average molecular weight is 189 g/mol. The topological polar surface area (TPSA) is 94.4 Å². The largest absolute Gasteiger partial charge is 0.373 e. The zero-order valence-corrected chi connectivity index (χ0v) is 7.10. The van der Waals surface area contributed by atoms with E-state index in [1.807, 2.05) is 0 Å². The Kier molecular flexibility index (Phi) is 1.80. The SMILES string of the molecule is NC1NC2=C(NC(S)N2)C(O)N1. The first-order valence-corrected chi connectivity index (χ1v) is 4.10. The molecule has 2 heterocycles. The summed E-state index contributed by atoms with van der Waals surface area (Å²) in [5.74, 6) is 0.703. The molecule has 0 amide bonds. The summed E-state index contributed by atoms with van der Waals surface area (Å²) in [6, 6.07) is 0. The predicted molar refractivity (Wildman–Crippen MR) is 46.3 cm³/mol. The molecule has 0 spiro atoms. The first-order chi connectivity index (χ1) is 5.66. The van der Waals surface area contributed by atoms with Crippen LogP contribution in [0, 0.1) is 0 Å². The molecular formula is C5H11N5OS. The van der Waals surface area contributed by atoms with Gasteiger partial charge in [-0.15, -0.1) is 12.6 Å². The van der Waals surface area contributed by atoms with Gasteiger partial charge in [-0.05, 0) is 0 Å². The van der Waals surface area contributed by atoms with Crippen LogP contribution < -0.4 is 27.0 Å². The molecule has 2 aliphatic rings. The molecule has 0 aliphatic carbocycles. The summed E-state index contributed by atoms with van der Waals surface area (Å²) in [4.78, 5) is 0. The zero-order valence-electron chi connectivity index (χ0n) is 6.20. The third-order valence-corrected chi connectivity index (χ3v) is 2.01. The molecule has 0 fully saturated rings. The van der Waals surface area contributed by atoms with Crippen molar-refractivity contribution < 1.29 is 5.11 Å². The van der Waals surface area contributed by atoms with Gasteiger partial charge in [0.1, 0.15) is 17.6 Å². The van der Waals surface area contributed by atoms with Crippen LogP contribution in [0.25, 0.3) is 0 Å². The average Bonchev–Trinajstić information content (AvgIpc) is 2.29. The maximum atomic E-state index is 9.44. The second-order valence-corrected chi connectivity index (χ2v) is 3.19. The molecule has 0 bridgehead atoms. The summed E-state index contributed by atoms with van der Waals surface area (Å²) >= 11 is 4.13. The van der Waals surface area contributed by atoms with Crippen LogP contribution in [0.2, 0.25) is 0 Å². The number of nitrogens with one attached hydrogen (secondary N) is 4. The lowest BCUT2D eigenvalue weighted by Crippen LogP contribution is -2.58. The fourth-order valence-electron chi connectivity index (χ4n) is 1.26. The number of nitrogens with two attached hydrogens (primary N) is 1. The number of aliphatic hydroxyl groups excluding tert-OH is 1. The standard InChI is InChI=1S/C5H11N5OS/c6-4-8-2-1(3(11)10-4)7-5(12)9-2/h3-5,7-12H,6H2. The van der Waals surface area contributed by atoms with Gasteiger partial charge in [0.15, 0.2) is 6.23 Å². The van der Waals surface area contributed by atoms with Crippen LogP contribution >= 0.6 is 12.6 Å². The van der Waals surface area contributed by atoms with Crippen molar-refractivity contribution in [3.05, 3.63) is 11.5 Å². The van der Waals surface area contributed by atoms with E-state index in [1.54, 1.807) is 0 Å². The second-order valence-electron chi connectivity index (χ2n) is 2.67. The summed E-state index contributed by atoms with van der Waals surface area (Å²) in [5.41, 5.74) is 5.99. The predicted octanol–water partition coefficient (Wildman–Crippen LogP) is -2.68. The number of hydrogen-bond acceptors (Lipinski definition) is 7. The van der Waals surface area contributed by atoms with Crippen LogP contribution in [0.5, 0.6) is 0 Å². The monoisotopic (exact) mass is 189 g/mol. The van der Waals surface area contributed by atoms with E-state index < -0.39 is 12.5 Å². The first-order valence-electron chi connectivity index (χ1n) is 3.58. The Hall–Kier alpha value is -0.630. The molecule has 7 N–H and O–H groups in total. The maximum Gasteiger partial charge on any atom is 0.151 e. The Labute approximate surface area is 75.0 Å². The van der Waals surface area contributed by atoms with E-state index in [4.69, 9.17) is 5.73 Å². The summed E-state index contributed by atoms with van der Waals surface area (Å²) in [6.45, 7) is 0. The van der Waals surface area contributed by atoms with Crippen molar-refractivity contribution in [3.63, 3.8) is 0 Å². The molecule has 6 nitrogen and oxygen atoms in total. The number of rotatable bonds is 0. The van der Waals surface area contributed by atoms with Gasteiger partial charge in [-0.1, -0.05) is 0 Å². The van der Waals surface area contributed by atoms with Crippen LogP contribution in [0.4, 0.5) is 0 Å². The van der Waals surface area contributed by atoms with Crippen molar-refractivity contribution in [1.82, 2.24) is 21.3 Å². The molecule has 12 heavy (non-hydrogen) atoms. The van der Waals surface area contributed by atoms with Crippen molar-refractivity contribution in [2.24, 2.45) is 5.73 Å². The van der Waals surface area contributed by atoms with Crippen molar-refractivity contribution >= 4 is 12.6 Å². The Balaban J connectivity index is 2.19. The molecule has 2 rings (SSSR count). The van der Waals surface area contributed by atoms with Gasteiger partial charge in [0.25, 0.3) is 0 Å². The van der Waals surface area contributed by atoms with Gasteiger partial charge in [0.05, 0.1) is 5.70 Å². The van der Waals surface area contributed by atoms with Gasteiger partial charge in [0, 0.05) is 0 Å². The van der Waals surface area contributed by atoms with Crippen molar-refractivity contribution in [3.8, 4) is 0 Å². The van der Waals surface area contributed by atoms with Crippen LogP contribution in [0.3, 0.4) is 0 Å². The third kappa shape index (κ3) is 1.20. The molecule has 2 aliphatic heterocycles. The van der Waals surface area contributed by atoms with Gasteiger partial charge in [-0.2, -0.15) is 0 Å². The maximum absolute atomic E-state index is 9.44. The lowest BCUT2D eigenvalue weighted by molar-refractivity contribution is 0.133. The minimum atomic E-state index is -0.763. The van der Waals surface area contributed by atoms with Gasteiger partial charge in [-0.3, -0.25) is 11.1 Å². The molecule has 0 aromatic rings. The van der Waals surface area contributed by atoms with Crippen molar-refractivity contribution in [1.29, 1.82) is 0 Å². The van der Waals surface area contributed by atoms with E-state index in [-0.39, 0.29) is 5.50 Å². The van der Waals surface area contributed by atoms with Crippen LogP contribution in [-0.4, -0.2) is 23.1 Å². The summed E-state index contributed by atoms with van der Waals surface area (Å²) < 4.78 is 0. The summed E-state index contributed by atoms with van der Waals surface area (Å²) in [6.07, 6.45) is -1.20. The molecule has 7 heteroatoms. The lowest BCUT2D eigenvalue weighted by atomic mass is 10.3. The third-order valence-electron chi connectivity index (χ3n) is 1.75. The van der Waals surface area contributed by atoms with E-state index in [2.05, 4.69) is 33.9 Å². The molecule has 3 unspecified atom stereocenters. The molecule has 0 aromatic carbocycles. The highest BCUT2D eigenvalue weighted by Gasteiger charge is 2.30. The molecule has 0 radical (unpaired) electrons. The van der Waals surface area contributed by atoms with E-state index in [0.717, 1.165) is 0 Å². The number of hydrogen-bond donors (Lipinski definition) is 7. The van der Waals surface area contributed by atoms with Crippen LogP contribution in [-0.2, 0) is 0 Å². The minimum Gasteiger partial charge on any atom is -0.373 e. The van der Waals surface area contributed by atoms with E-state index in [0.29, 0.717) is 11.5 Å². The lowest BCUT2D eigenvalue weighted by Gasteiger charge is -2.27. The molecule has 0 saturated heterocycles. The molecule has 0 aromatic heterocycles. The molecule has 0 saturated carbocycles. The number of thiol groups is 1. The highest BCUT2D eigenvalue weighted by molar-refractivity contribution is 7.80. The van der Waals surface area contributed by atoms with Gasteiger partial charge < -0.3 is 21.1 Å². The zero-order chi connectivity index (χ0) is 8.72. The Morgan fingerprint density at radius 1 is 1.33 bits per heavy atom. The van der Waals surface area contributed by atoms with Gasteiger partial charge >= 0.3 is 0 Å². The second kappa shape index (κ2) is 2.70. The summed E-state index contributed by atoms with van der Waals surface area (Å²) in [5, 5.41) is 20.9. The number of aliphatic hydroxyl groups is 1. The van der Waals surface area contributed by atoms with Crippen molar-refractivity contribution in [2.75, 3.05) is 0 Å². The van der Waals surface area contributed by atoms with E-state index >= 15 is 0 Å². The Morgan fingerprint density at radius 3 is 2.83 bits per heavy atom. The fourth-order valence-corrected chi connectivity index (χ4v) is 1.52. The molecular weight excluding hydrogens is 178 g/mol. The summed E-state index contributed by atoms with van der Waals surface area (Å²) in [7, 11) is 0. The van der Waals surface area contributed by atoms with Crippen LogP contribution in [0.15, 0.2) is 11.5 Å². The highest BCUT2D eigenvalue weighted by atomic mass is 32.1. The highest BCUT2D eigenvalue weighted by Crippen LogP contribution is 2.13. The van der Waals surface area contributed by atoms with Gasteiger partial charge in [0.2, 0.25) is 0 Å². The van der Waals surface area contributed by atoms with E-state index in [1.165, 1.54) is 0 Å². The minimum absolute atomic E-state index is 0.177. The Morgan fingerprint density at radius 2 is 2.08 bits per heavy atom. The first kappa shape index (κ1) is 7.99. The van der Waals surface area contributed by atoms with Gasteiger partial charge in [-0.25, -0.2) is 0 Å². The fraction of sp³-hybridized carbons (Fsp3) is 0.600. The molecule has 3 atom stereocenters.